The van der Waals surface area contributed by atoms with Crippen LogP contribution in [-0.2, 0) is 11.2 Å². The smallest absolute Gasteiger partial charge is 0.307 e. The van der Waals surface area contributed by atoms with Crippen LogP contribution in [0.4, 0.5) is 4.39 Å². The van der Waals surface area contributed by atoms with Crippen molar-refractivity contribution < 1.29 is 19.0 Å². The third kappa shape index (κ3) is 4.19. The van der Waals surface area contributed by atoms with Gasteiger partial charge in [-0.25, -0.2) is 4.39 Å². The molecule has 3 rings (SSSR count). The minimum atomic E-state index is -0.771. The van der Waals surface area contributed by atoms with Gasteiger partial charge < -0.3 is 9.84 Å². The molecule has 26 heavy (non-hydrogen) atoms. The van der Waals surface area contributed by atoms with Gasteiger partial charge in [0.25, 0.3) is 0 Å². The summed E-state index contributed by atoms with van der Waals surface area (Å²) in [5.41, 5.74) is 1.70. The van der Waals surface area contributed by atoms with E-state index in [4.69, 9.17) is 4.74 Å². The fraction of sp³-hybridized carbons (Fsp3) is 0.400. The number of hydrogen-bond acceptors (Lipinski definition) is 4. The van der Waals surface area contributed by atoms with Crippen LogP contribution in [0.25, 0.3) is 0 Å². The Kier molecular flexibility index (Phi) is 5.83. The summed E-state index contributed by atoms with van der Waals surface area (Å²) in [7, 11) is 1.44. The summed E-state index contributed by atoms with van der Waals surface area (Å²) >= 11 is 0. The molecule has 1 aliphatic heterocycles. The number of likely N-dealkylation sites (tertiary alicyclic amines) is 1. The molecule has 1 fully saturated rings. The molecule has 1 aromatic heterocycles. The van der Waals surface area contributed by atoms with E-state index in [9.17, 15) is 14.3 Å². The molecule has 138 valence electrons. The number of nitrogens with zero attached hydrogens (tertiary/aromatic N) is 2. The molecule has 1 aromatic carbocycles. The Hall–Kier alpha value is -2.47. The third-order valence-corrected chi connectivity index (χ3v) is 4.93. The standard InChI is InChI=1S/C20H23FN2O3/c1-26-19-8-7-14(11-17(19)21)18(12-16-6-2-3-9-22-16)23-10-4-5-15(13-23)20(24)25/h2-3,6-9,11,15,18H,4-5,10,12-13H2,1H3,(H,24,25). The number of piperidine rings is 1. The monoisotopic (exact) mass is 358 g/mol. The maximum atomic E-state index is 14.3. The van der Waals surface area contributed by atoms with E-state index in [1.54, 1.807) is 12.3 Å². The first-order valence-electron chi connectivity index (χ1n) is 8.78. The number of pyridine rings is 1. The van der Waals surface area contributed by atoms with E-state index in [1.165, 1.54) is 13.2 Å². The van der Waals surface area contributed by atoms with Crippen LogP contribution in [-0.4, -0.2) is 41.2 Å². The summed E-state index contributed by atoms with van der Waals surface area (Å²) in [5.74, 6) is -1.37. The molecule has 5 nitrogen and oxygen atoms in total. The highest BCUT2D eigenvalue weighted by molar-refractivity contribution is 5.70. The summed E-state index contributed by atoms with van der Waals surface area (Å²) in [5, 5.41) is 9.39. The van der Waals surface area contributed by atoms with Crippen LogP contribution in [0, 0.1) is 11.7 Å². The number of aliphatic carboxylic acids is 1. The highest BCUT2D eigenvalue weighted by Gasteiger charge is 2.31. The molecule has 2 unspecified atom stereocenters. The molecule has 6 heteroatoms. The molecule has 0 aliphatic carbocycles. The normalized spacial score (nSPS) is 19.1. The van der Waals surface area contributed by atoms with Crippen molar-refractivity contribution in [3.05, 3.63) is 59.7 Å². The molecule has 0 saturated carbocycles. The van der Waals surface area contributed by atoms with Crippen molar-refractivity contribution in [1.82, 2.24) is 9.88 Å². The average molecular weight is 358 g/mol. The van der Waals surface area contributed by atoms with Gasteiger partial charge in [0, 0.05) is 30.9 Å². The summed E-state index contributed by atoms with van der Waals surface area (Å²) < 4.78 is 19.3. The van der Waals surface area contributed by atoms with Crippen LogP contribution in [0.1, 0.15) is 30.1 Å². The predicted octanol–water partition coefficient (Wildman–Crippen LogP) is 3.31. The van der Waals surface area contributed by atoms with E-state index in [0.717, 1.165) is 24.2 Å². The lowest BCUT2D eigenvalue weighted by Crippen LogP contribution is -2.41. The first-order chi connectivity index (χ1) is 12.6. The van der Waals surface area contributed by atoms with Crippen molar-refractivity contribution in [2.45, 2.75) is 25.3 Å². The highest BCUT2D eigenvalue weighted by atomic mass is 19.1. The van der Waals surface area contributed by atoms with E-state index >= 15 is 0 Å². The van der Waals surface area contributed by atoms with Crippen LogP contribution >= 0.6 is 0 Å². The van der Waals surface area contributed by atoms with Crippen molar-refractivity contribution in [3.63, 3.8) is 0 Å². The summed E-state index contributed by atoms with van der Waals surface area (Å²) in [4.78, 5) is 18.0. The number of aromatic nitrogens is 1. The van der Waals surface area contributed by atoms with E-state index in [2.05, 4.69) is 9.88 Å². The van der Waals surface area contributed by atoms with E-state index in [0.29, 0.717) is 19.4 Å². The van der Waals surface area contributed by atoms with Crippen molar-refractivity contribution in [3.8, 4) is 5.75 Å². The molecule has 0 amide bonds. The van der Waals surface area contributed by atoms with Crippen LogP contribution in [0.2, 0.25) is 0 Å². The van der Waals surface area contributed by atoms with E-state index in [-0.39, 0.29) is 11.8 Å². The maximum absolute atomic E-state index is 14.3. The highest BCUT2D eigenvalue weighted by Crippen LogP contribution is 2.31. The van der Waals surface area contributed by atoms with Crippen molar-refractivity contribution >= 4 is 5.97 Å². The SMILES string of the molecule is COc1ccc(C(Cc2ccccn2)N2CCCC(C(=O)O)C2)cc1F. The number of hydrogen-bond donors (Lipinski definition) is 1. The quantitative estimate of drug-likeness (QED) is 0.858. The fourth-order valence-corrected chi connectivity index (χ4v) is 3.56. The Morgan fingerprint density at radius 2 is 2.27 bits per heavy atom. The minimum Gasteiger partial charge on any atom is -0.494 e. The maximum Gasteiger partial charge on any atom is 0.307 e. The fourth-order valence-electron chi connectivity index (χ4n) is 3.56. The topological polar surface area (TPSA) is 62.7 Å². The van der Waals surface area contributed by atoms with Crippen molar-refractivity contribution in [2.75, 3.05) is 20.2 Å². The summed E-state index contributed by atoms with van der Waals surface area (Å²) in [6, 6.07) is 10.5. The van der Waals surface area contributed by atoms with Crippen LogP contribution in [0.3, 0.4) is 0 Å². The van der Waals surface area contributed by atoms with Gasteiger partial charge in [0.15, 0.2) is 11.6 Å². The number of ether oxygens (including phenoxy) is 1. The molecule has 0 spiro atoms. The zero-order chi connectivity index (χ0) is 18.5. The Bertz CT molecular complexity index is 754. The molecular formula is C20H23FN2O3. The molecular weight excluding hydrogens is 335 g/mol. The Labute approximate surface area is 152 Å². The first kappa shape index (κ1) is 18.3. The van der Waals surface area contributed by atoms with Gasteiger partial charge in [-0.3, -0.25) is 14.7 Å². The van der Waals surface area contributed by atoms with Gasteiger partial charge >= 0.3 is 5.97 Å². The number of benzene rings is 1. The first-order valence-corrected chi connectivity index (χ1v) is 8.78. The van der Waals surface area contributed by atoms with Crippen LogP contribution in [0.15, 0.2) is 42.6 Å². The molecule has 2 aromatic rings. The largest absolute Gasteiger partial charge is 0.494 e. The van der Waals surface area contributed by atoms with Gasteiger partial charge in [-0.2, -0.15) is 0 Å². The zero-order valence-corrected chi connectivity index (χ0v) is 14.8. The van der Waals surface area contributed by atoms with Gasteiger partial charge in [-0.05, 0) is 49.2 Å². The Morgan fingerprint density at radius 3 is 2.92 bits per heavy atom. The van der Waals surface area contributed by atoms with Crippen LogP contribution in [0.5, 0.6) is 5.75 Å². The molecule has 0 radical (unpaired) electrons. The average Bonchev–Trinajstić information content (AvgIpc) is 2.67. The molecule has 1 N–H and O–H groups in total. The predicted molar refractivity (Wildman–Crippen MR) is 95.6 cm³/mol. The third-order valence-electron chi connectivity index (χ3n) is 4.93. The molecule has 1 saturated heterocycles. The van der Waals surface area contributed by atoms with Crippen LogP contribution < -0.4 is 4.74 Å². The van der Waals surface area contributed by atoms with Gasteiger partial charge in [0.05, 0.1) is 13.0 Å². The Balaban J connectivity index is 1.91. The molecule has 0 bridgehead atoms. The summed E-state index contributed by atoms with van der Waals surface area (Å²) in [6.45, 7) is 1.25. The number of rotatable bonds is 6. The lowest BCUT2D eigenvalue weighted by atomic mass is 9.92. The number of carboxylic acids is 1. The second kappa shape index (κ2) is 8.27. The lowest BCUT2D eigenvalue weighted by Gasteiger charge is -2.37. The van der Waals surface area contributed by atoms with Crippen molar-refractivity contribution in [2.24, 2.45) is 5.92 Å². The Morgan fingerprint density at radius 1 is 1.42 bits per heavy atom. The second-order valence-corrected chi connectivity index (χ2v) is 6.61. The number of carbonyl (C=O) groups is 1. The van der Waals surface area contributed by atoms with Gasteiger partial charge in [0.1, 0.15) is 0 Å². The molecule has 2 heterocycles. The minimum absolute atomic E-state index is 0.132. The number of halogens is 1. The number of methoxy groups -OCH3 is 1. The molecule has 2 atom stereocenters. The van der Waals surface area contributed by atoms with Crippen molar-refractivity contribution in [1.29, 1.82) is 0 Å². The lowest BCUT2D eigenvalue weighted by molar-refractivity contribution is -0.144. The summed E-state index contributed by atoms with van der Waals surface area (Å²) in [6.07, 6.45) is 3.82. The van der Waals surface area contributed by atoms with E-state index < -0.39 is 17.7 Å². The number of carboxylic acid groups (broad SMARTS) is 1. The van der Waals surface area contributed by atoms with E-state index in [1.807, 2.05) is 24.3 Å². The second-order valence-electron chi connectivity index (χ2n) is 6.61. The molecule has 1 aliphatic rings. The van der Waals surface area contributed by atoms with Gasteiger partial charge in [-0.15, -0.1) is 0 Å². The zero-order valence-electron chi connectivity index (χ0n) is 14.8. The van der Waals surface area contributed by atoms with Gasteiger partial charge in [0.2, 0.25) is 0 Å². The van der Waals surface area contributed by atoms with Gasteiger partial charge in [-0.1, -0.05) is 12.1 Å².